The Morgan fingerprint density at radius 1 is 1.16 bits per heavy atom. The van der Waals surface area contributed by atoms with Crippen molar-refractivity contribution in [1.29, 1.82) is 0 Å². The quantitative estimate of drug-likeness (QED) is 0.799. The molecule has 0 aliphatic carbocycles. The molecule has 0 aliphatic heterocycles. The second-order valence-electron chi connectivity index (χ2n) is 3.86. The zero-order chi connectivity index (χ0) is 14.0. The first-order valence-corrected chi connectivity index (χ1v) is 7.72. The smallest absolute Gasteiger partial charge is 0.306 e. The maximum atomic E-state index is 12.1. The molecule has 0 spiro atoms. The third kappa shape index (κ3) is 2.96. The number of aromatic amines is 1. The summed E-state index contributed by atoms with van der Waals surface area (Å²) >= 11 is 0.674. The summed E-state index contributed by atoms with van der Waals surface area (Å²) < 4.78 is 26.7. The Balaban J connectivity index is 2.30. The molecule has 0 fully saturated rings. The van der Waals surface area contributed by atoms with Gasteiger partial charge in [0.1, 0.15) is 0 Å². The summed E-state index contributed by atoms with van der Waals surface area (Å²) in [5, 5.41) is 2.94. The van der Waals surface area contributed by atoms with Crippen molar-refractivity contribution in [3.05, 3.63) is 39.6 Å². The van der Waals surface area contributed by atoms with E-state index in [1.807, 2.05) is 0 Å². The van der Waals surface area contributed by atoms with Crippen molar-refractivity contribution in [2.45, 2.75) is 11.1 Å². The number of thiazole rings is 1. The molecule has 0 atom stereocenters. The largest absolute Gasteiger partial charge is 0.388 e. The van der Waals surface area contributed by atoms with Crippen molar-refractivity contribution in [3.8, 4) is 0 Å². The number of anilines is 2. The van der Waals surface area contributed by atoms with Gasteiger partial charge >= 0.3 is 4.87 Å². The number of sulfonamides is 1. The Morgan fingerprint density at radius 3 is 2.21 bits per heavy atom. The summed E-state index contributed by atoms with van der Waals surface area (Å²) in [6.07, 6.45) is 0. The highest BCUT2D eigenvalue weighted by Gasteiger charge is 2.20. The van der Waals surface area contributed by atoms with Crippen LogP contribution in [0.15, 0.2) is 33.3 Å². The van der Waals surface area contributed by atoms with Crippen molar-refractivity contribution < 1.29 is 8.42 Å². The highest BCUT2D eigenvalue weighted by Crippen LogP contribution is 2.21. The molecule has 2 rings (SSSR count). The lowest BCUT2D eigenvalue weighted by Crippen LogP contribution is -2.12. The number of aromatic nitrogens is 1. The number of hydrogen-bond acceptors (Lipinski definition) is 5. The normalized spacial score (nSPS) is 11.3. The fourth-order valence-corrected chi connectivity index (χ4v) is 3.91. The van der Waals surface area contributed by atoms with Crippen molar-refractivity contribution in [2.75, 3.05) is 17.1 Å². The number of rotatable bonds is 4. The zero-order valence-electron chi connectivity index (χ0n) is 10.4. The first-order chi connectivity index (χ1) is 8.92. The summed E-state index contributed by atoms with van der Waals surface area (Å²) in [4.78, 5) is 13.2. The average Bonchev–Trinajstić information content (AvgIpc) is 2.70. The van der Waals surface area contributed by atoms with Gasteiger partial charge in [-0.1, -0.05) is 11.3 Å². The molecular weight excluding hydrogens is 286 g/mol. The molecule has 0 bridgehead atoms. The van der Waals surface area contributed by atoms with Crippen LogP contribution in [0.1, 0.15) is 5.69 Å². The molecule has 1 heterocycles. The van der Waals surface area contributed by atoms with E-state index >= 15 is 0 Å². The Morgan fingerprint density at radius 2 is 1.74 bits per heavy atom. The van der Waals surface area contributed by atoms with Crippen LogP contribution in [0, 0.1) is 6.92 Å². The topological polar surface area (TPSA) is 91.1 Å². The van der Waals surface area contributed by atoms with Crippen LogP contribution in [-0.2, 0) is 10.0 Å². The van der Waals surface area contributed by atoms with Gasteiger partial charge in [0.05, 0.1) is 0 Å². The summed E-state index contributed by atoms with van der Waals surface area (Å²) in [5.41, 5.74) is 1.67. The van der Waals surface area contributed by atoms with E-state index in [9.17, 15) is 13.2 Å². The molecule has 8 heteroatoms. The van der Waals surface area contributed by atoms with Crippen LogP contribution >= 0.6 is 11.3 Å². The van der Waals surface area contributed by atoms with Gasteiger partial charge in [-0.15, -0.1) is 0 Å². The van der Waals surface area contributed by atoms with E-state index in [1.54, 1.807) is 38.2 Å². The lowest BCUT2D eigenvalue weighted by atomic mass is 10.3. The van der Waals surface area contributed by atoms with E-state index in [0.717, 1.165) is 5.69 Å². The number of benzene rings is 1. The minimum Gasteiger partial charge on any atom is -0.388 e. The number of aryl methyl sites for hydroxylation is 1. The first-order valence-electron chi connectivity index (χ1n) is 5.43. The van der Waals surface area contributed by atoms with Gasteiger partial charge in [-0.2, -0.15) is 0 Å². The van der Waals surface area contributed by atoms with E-state index in [-0.39, 0.29) is 9.08 Å². The van der Waals surface area contributed by atoms with E-state index in [4.69, 9.17) is 0 Å². The summed E-state index contributed by atoms with van der Waals surface area (Å²) in [6, 6.07) is 6.80. The molecule has 19 heavy (non-hydrogen) atoms. The predicted octanol–water partition coefficient (Wildman–Crippen LogP) is 1.59. The maximum Gasteiger partial charge on any atom is 0.306 e. The van der Waals surface area contributed by atoms with E-state index in [2.05, 4.69) is 15.0 Å². The monoisotopic (exact) mass is 299 g/mol. The molecule has 0 saturated heterocycles. The van der Waals surface area contributed by atoms with Crippen molar-refractivity contribution >= 4 is 32.7 Å². The highest BCUT2D eigenvalue weighted by molar-refractivity contribution is 7.94. The predicted molar refractivity (Wildman–Crippen MR) is 76.5 cm³/mol. The minimum atomic E-state index is -3.73. The average molecular weight is 299 g/mol. The summed E-state index contributed by atoms with van der Waals surface area (Å²) in [5.74, 6) is 0. The second kappa shape index (κ2) is 5.06. The third-order valence-corrected chi connectivity index (χ3v) is 5.44. The maximum absolute atomic E-state index is 12.1. The molecule has 2 aromatic rings. The minimum absolute atomic E-state index is 0.00944. The van der Waals surface area contributed by atoms with Crippen LogP contribution in [0.2, 0.25) is 0 Å². The molecule has 6 nitrogen and oxygen atoms in total. The number of H-pyrrole nitrogens is 1. The molecule has 1 aromatic heterocycles. The third-order valence-electron chi connectivity index (χ3n) is 2.45. The lowest BCUT2D eigenvalue weighted by molar-refractivity contribution is 0.602. The number of hydrogen-bond donors (Lipinski definition) is 3. The van der Waals surface area contributed by atoms with Crippen LogP contribution in [0.4, 0.5) is 11.4 Å². The van der Waals surface area contributed by atoms with Gasteiger partial charge in [0.25, 0.3) is 10.0 Å². The summed E-state index contributed by atoms with van der Waals surface area (Å²) in [7, 11) is -1.95. The molecule has 102 valence electrons. The molecule has 0 radical (unpaired) electrons. The van der Waals surface area contributed by atoms with Gasteiger partial charge in [0, 0.05) is 24.1 Å². The first kappa shape index (κ1) is 13.6. The number of nitrogens with one attached hydrogen (secondary N) is 3. The molecule has 0 aliphatic rings. The van der Waals surface area contributed by atoms with Crippen LogP contribution in [-0.4, -0.2) is 20.4 Å². The fourth-order valence-electron chi connectivity index (χ4n) is 1.55. The van der Waals surface area contributed by atoms with Crippen LogP contribution in [0.25, 0.3) is 0 Å². The van der Waals surface area contributed by atoms with Crippen LogP contribution < -0.4 is 14.9 Å². The van der Waals surface area contributed by atoms with Gasteiger partial charge in [0.15, 0.2) is 4.21 Å². The highest BCUT2D eigenvalue weighted by atomic mass is 32.2. The van der Waals surface area contributed by atoms with Gasteiger partial charge in [-0.3, -0.25) is 9.52 Å². The van der Waals surface area contributed by atoms with Gasteiger partial charge in [0.2, 0.25) is 0 Å². The van der Waals surface area contributed by atoms with E-state index in [1.165, 1.54) is 0 Å². The van der Waals surface area contributed by atoms with Gasteiger partial charge < -0.3 is 10.3 Å². The SMILES string of the molecule is CNc1ccc(NS(=O)(=O)c2sc(=O)[nH]c2C)cc1. The van der Waals surface area contributed by atoms with Crippen LogP contribution in [0.3, 0.4) is 0 Å². The fraction of sp³-hybridized carbons (Fsp3) is 0.182. The standard InChI is InChI=1S/C11H13N3O3S2/c1-7-10(18-11(15)13-7)19(16,17)14-9-5-3-8(12-2)4-6-9/h3-6,12,14H,1-2H3,(H,13,15). The van der Waals surface area contributed by atoms with Gasteiger partial charge in [-0.25, -0.2) is 8.42 Å². The molecule has 3 N–H and O–H groups in total. The van der Waals surface area contributed by atoms with E-state index < -0.39 is 10.0 Å². The lowest BCUT2D eigenvalue weighted by Gasteiger charge is -2.07. The van der Waals surface area contributed by atoms with E-state index in [0.29, 0.717) is 22.7 Å². The Kier molecular flexibility index (Phi) is 3.63. The van der Waals surface area contributed by atoms with Gasteiger partial charge in [-0.05, 0) is 31.2 Å². The van der Waals surface area contributed by atoms with Crippen molar-refractivity contribution in [2.24, 2.45) is 0 Å². The second-order valence-corrected chi connectivity index (χ2v) is 6.72. The molecular formula is C11H13N3O3S2. The van der Waals surface area contributed by atoms with Crippen LogP contribution in [0.5, 0.6) is 0 Å². The van der Waals surface area contributed by atoms with Crippen molar-refractivity contribution in [3.63, 3.8) is 0 Å². The Bertz CT molecular complexity index is 729. The molecule has 0 saturated carbocycles. The molecule has 1 aromatic carbocycles. The van der Waals surface area contributed by atoms with Crippen molar-refractivity contribution in [1.82, 2.24) is 4.98 Å². The Hall–Kier alpha value is -1.80. The zero-order valence-corrected chi connectivity index (χ0v) is 12.0. The molecule has 0 amide bonds. The summed E-state index contributed by atoms with van der Waals surface area (Å²) in [6.45, 7) is 1.55. The molecule has 0 unspecified atom stereocenters. The Labute approximate surface area is 114 Å².